The largest absolute Gasteiger partial charge is 0.352 e. The summed E-state index contributed by atoms with van der Waals surface area (Å²) in [5, 5.41) is 3.13. The third-order valence-electron chi connectivity index (χ3n) is 4.48. The van der Waals surface area contributed by atoms with Crippen molar-refractivity contribution >= 4 is 5.91 Å². The van der Waals surface area contributed by atoms with Gasteiger partial charge in [-0.15, -0.1) is 0 Å². The van der Waals surface area contributed by atoms with Crippen LogP contribution >= 0.6 is 0 Å². The van der Waals surface area contributed by atoms with Crippen molar-refractivity contribution in [1.82, 2.24) is 10.2 Å². The average Bonchev–Trinajstić information content (AvgIpc) is 2.50. The molecule has 124 valence electrons. The molecule has 1 aromatic carbocycles. The van der Waals surface area contributed by atoms with E-state index in [1.54, 1.807) is 0 Å². The summed E-state index contributed by atoms with van der Waals surface area (Å²) in [4.78, 5) is 14.7. The highest BCUT2D eigenvalue weighted by molar-refractivity contribution is 5.83. The van der Waals surface area contributed by atoms with Crippen molar-refractivity contribution in [3.63, 3.8) is 0 Å². The smallest absolute Gasteiger partial charge is 0.227 e. The Bertz CT molecular complexity index is 435. The van der Waals surface area contributed by atoms with Crippen LogP contribution in [0.1, 0.15) is 39.2 Å². The van der Waals surface area contributed by atoms with E-state index in [2.05, 4.69) is 29.4 Å². The monoisotopic (exact) mass is 305 g/mol. The topological polar surface area (TPSA) is 58.4 Å². The number of amides is 1. The van der Waals surface area contributed by atoms with Gasteiger partial charge in [0.05, 0.1) is 5.41 Å². The van der Waals surface area contributed by atoms with Gasteiger partial charge in [0.2, 0.25) is 5.91 Å². The highest BCUT2D eigenvalue weighted by atomic mass is 16.2. The van der Waals surface area contributed by atoms with Gasteiger partial charge >= 0.3 is 0 Å². The fourth-order valence-electron chi connectivity index (χ4n) is 2.80. The number of carbonyl (C=O) groups is 1. The van der Waals surface area contributed by atoms with Crippen LogP contribution in [0, 0.1) is 5.41 Å². The van der Waals surface area contributed by atoms with Gasteiger partial charge in [0, 0.05) is 25.7 Å². The lowest BCUT2D eigenvalue weighted by Crippen LogP contribution is -2.50. The second kappa shape index (κ2) is 8.91. The number of nitrogens with two attached hydrogens (primary N) is 1. The maximum Gasteiger partial charge on any atom is 0.227 e. The molecule has 4 nitrogen and oxygen atoms in total. The van der Waals surface area contributed by atoms with Crippen LogP contribution in [0.25, 0.3) is 0 Å². The molecule has 0 aliphatic rings. The predicted molar refractivity (Wildman–Crippen MR) is 92.5 cm³/mol. The SMILES string of the molecule is CCC(CC)(CN)C(=O)NC(C)CN(C)Cc1ccccc1. The number of hydrogen-bond donors (Lipinski definition) is 2. The number of rotatable bonds is 9. The van der Waals surface area contributed by atoms with Crippen LogP contribution in [0.5, 0.6) is 0 Å². The summed E-state index contributed by atoms with van der Waals surface area (Å²) >= 11 is 0. The van der Waals surface area contributed by atoms with Crippen molar-refractivity contribution in [1.29, 1.82) is 0 Å². The molecule has 1 atom stereocenters. The lowest BCUT2D eigenvalue weighted by Gasteiger charge is -2.31. The van der Waals surface area contributed by atoms with Crippen LogP contribution in [-0.4, -0.2) is 37.0 Å². The molecule has 0 heterocycles. The molecule has 3 N–H and O–H groups in total. The second-order valence-corrected chi connectivity index (χ2v) is 6.25. The van der Waals surface area contributed by atoms with Gasteiger partial charge in [-0.3, -0.25) is 4.79 Å². The number of carbonyl (C=O) groups excluding carboxylic acids is 1. The molecule has 0 saturated carbocycles. The van der Waals surface area contributed by atoms with E-state index in [9.17, 15) is 4.79 Å². The number of nitrogens with one attached hydrogen (secondary N) is 1. The molecule has 1 amide bonds. The van der Waals surface area contributed by atoms with Gasteiger partial charge in [-0.05, 0) is 32.4 Å². The molecule has 0 fully saturated rings. The zero-order valence-electron chi connectivity index (χ0n) is 14.4. The quantitative estimate of drug-likeness (QED) is 0.736. The van der Waals surface area contributed by atoms with E-state index in [1.807, 2.05) is 39.0 Å². The lowest BCUT2D eigenvalue weighted by atomic mass is 9.81. The minimum absolute atomic E-state index is 0.0839. The Kier molecular flexibility index (Phi) is 7.56. The molecule has 1 unspecified atom stereocenters. The van der Waals surface area contributed by atoms with Crippen LogP contribution < -0.4 is 11.1 Å². The molecule has 0 radical (unpaired) electrons. The standard InChI is InChI=1S/C18H31N3O/c1-5-18(6-2,14-19)17(22)20-15(3)12-21(4)13-16-10-8-7-9-11-16/h7-11,15H,5-6,12-14,19H2,1-4H3,(H,20,22). The van der Waals surface area contributed by atoms with Gasteiger partial charge in [0.15, 0.2) is 0 Å². The van der Waals surface area contributed by atoms with E-state index >= 15 is 0 Å². The highest BCUT2D eigenvalue weighted by Gasteiger charge is 2.33. The van der Waals surface area contributed by atoms with E-state index in [1.165, 1.54) is 5.56 Å². The van der Waals surface area contributed by atoms with E-state index in [4.69, 9.17) is 5.73 Å². The van der Waals surface area contributed by atoms with Crippen LogP contribution in [0.4, 0.5) is 0 Å². The van der Waals surface area contributed by atoms with Gasteiger partial charge in [0.1, 0.15) is 0 Å². The van der Waals surface area contributed by atoms with Crippen molar-refractivity contribution in [2.45, 2.75) is 46.2 Å². The minimum Gasteiger partial charge on any atom is -0.352 e. The summed E-state index contributed by atoms with van der Waals surface area (Å²) in [6, 6.07) is 10.5. The first-order chi connectivity index (χ1) is 10.5. The molecule has 0 spiro atoms. The maximum atomic E-state index is 12.5. The fourth-order valence-corrected chi connectivity index (χ4v) is 2.80. The Hall–Kier alpha value is -1.39. The van der Waals surface area contributed by atoms with Gasteiger partial charge in [-0.2, -0.15) is 0 Å². The molecule has 22 heavy (non-hydrogen) atoms. The number of nitrogens with zero attached hydrogens (tertiary/aromatic N) is 1. The summed E-state index contributed by atoms with van der Waals surface area (Å²) in [6.45, 7) is 8.20. The summed E-state index contributed by atoms with van der Waals surface area (Å²) in [5.74, 6) is 0.0839. The summed E-state index contributed by atoms with van der Waals surface area (Å²) in [7, 11) is 2.07. The van der Waals surface area contributed by atoms with Gasteiger partial charge < -0.3 is 16.0 Å². The van der Waals surface area contributed by atoms with Crippen LogP contribution in [-0.2, 0) is 11.3 Å². The minimum atomic E-state index is -0.424. The number of benzene rings is 1. The summed E-state index contributed by atoms with van der Waals surface area (Å²) in [5.41, 5.74) is 6.69. The average molecular weight is 305 g/mol. The number of hydrogen-bond acceptors (Lipinski definition) is 3. The molecule has 1 rings (SSSR count). The van der Waals surface area contributed by atoms with E-state index < -0.39 is 5.41 Å². The van der Waals surface area contributed by atoms with Crippen molar-refractivity contribution in [2.75, 3.05) is 20.1 Å². The Morgan fingerprint density at radius 2 is 1.86 bits per heavy atom. The fraction of sp³-hybridized carbons (Fsp3) is 0.611. The van der Waals surface area contributed by atoms with E-state index in [0.29, 0.717) is 6.54 Å². The molecule has 0 aliphatic heterocycles. The third kappa shape index (κ3) is 5.11. The normalized spacial score (nSPS) is 13.2. The summed E-state index contributed by atoms with van der Waals surface area (Å²) < 4.78 is 0. The Morgan fingerprint density at radius 1 is 1.27 bits per heavy atom. The maximum absolute atomic E-state index is 12.5. The Balaban J connectivity index is 2.51. The van der Waals surface area contributed by atoms with E-state index in [0.717, 1.165) is 25.9 Å². The molecule has 0 aliphatic carbocycles. The summed E-state index contributed by atoms with van der Waals surface area (Å²) in [6.07, 6.45) is 1.55. The van der Waals surface area contributed by atoms with Crippen LogP contribution in [0.15, 0.2) is 30.3 Å². The van der Waals surface area contributed by atoms with Crippen molar-refractivity contribution < 1.29 is 4.79 Å². The predicted octanol–water partition coefficient (Wildman–Crippen LogP) is 2.39. The second-order valence-electron chi connectivity index (χ2n) is 6.25. The molecular weight excluding hydrogens is 274 g/mol. The van der Waals surface area contributed by atoms with Crippen molar-refractivity contribution in [3.8, 4) is 0 Å². The van der Waals surface area contributed by atoms with Crippen LogP contribution in [0.3, 0.4) is 0 Å². The lowest BCUT2D eigenvalue weighted by molar-refractivity contribution is -0.131. The van der Waals surface area contributed by atoms with E-state index in [-0.39, 0.29) is 11.9 Å². The third-order valence-corrected chi connectivity index (χ3v) is 4.48. The van der Waals surface area contributed by atoms with Crippen molar-refractivity contribution in [2.24, 2.45) is 11.1 Å². The zero-order valence-corrected chi connectivity index (χ0v) is 14.4. The molecule has 0 saturated heterocycles. The van der Waals surface area contributed by atoms with Crippen molar-refractivity contribution in [3.05, 3.63) is 35.9 Å². The van der Waals surface area contributed by atoms with Gasteiger partial charge in [-0.1, -0.05) is 44.2 Å². The first kappa shape index (κ1) is 18.7. The Labute approximate surface area is 135 Å². The molecule has 4 heteroatoms. The Morgan fingerprint density at radius 3 is 2.36 bits per heavy atom. The number of likely N-dealkylation sites (N-methyl/N-ethyl adjacent to an activating group) is 1. The molecule has 0 bridgehead atoms. The first-order valence-corrected chi connectivity index (χ1v) is 8.21. The molecule has 0 aromatic heterocycles. The van der Waals surface area contributed by atoms with Gasteiger partial charge in [-0.25, -0.2) is 0 Å². The molecule has 1 aromatic rings. The molecular formula is C18H31N3O. The first-order valence-electron chi connectivity index (χ1n) is 8.21. The zero-order chi connectivity index (χ0) is 16.6. The highest BCUT2D eigenvalue weighted by Crippen LogP contribution is 2.25. The van der Waals surface area contributed by atoms with Gasteiger partial charge in [0.25, 0.3) is 0 Å². The van der Waals surface area contributed by atoms with Crippen LogP contribution in [0.2, 0.25) is 0 Å².